The summed E-state index contributed by atoms with van der Waals surface area (Å²) in [7, 11) is 0. The molecule has 0 spiro atoms. The molecular formula is C11H16O. The third-order valence-corrected chi connectivity index (χ3v) is 1.42. The van der Waals surface area contributed by atoms with Gasteiger partial charge in [0.2, 0.25) is 0 Å². The second-order valence-electron chi connectivity index (χ2n) is 4.16. The minimum absolute atomic E-state index is 0.232. The highest BCUT2D eigenvalue weighted by Gasteiger charge is 2.10. The third kappa shape index (κ3) is 3.42. The molecule has 1 heteroatoms. The minimum Gasteiger partial charge on any atom is -0.493 e. The first-order valence-corrected chi connectivity index (χ1v) is 4.26. The first-order chi connectivity index (χ1) is 5.58. The Balaban J connectivity index is 2.44. The van der Waals surface area contributed by atoms with Crippen molar-refractivity contribution in [2.24, 2.45) is 5.41 Å². The predicted octanol–water partition coefficient (Wildman–Crippen LogP) is 3.11. The summed E-state index contributed by atoms with van der Waals surface area (Å²) in [5, 5.41) is 0. The van der Waals surface area contributed by atoms with E-state index in [1.54, 1.807) is 0 Å². The zero-order chi connectivity index (χ0) is 9.03. The number of ether oxygens (including phenoxy) is 1. The molecule has 0 aliphatic heterocycles. The molecule has 0 amide bonds. The van der Waals surface area contributed by atoms with E-state index < -0.39 is 0 Å². The Bertz CT molecular complexity index is 221. The molecule has 12 heavy (non-hydrogen) atoms. The summed E-state index contributed by atoms with van der Waals surface area (Å²) in [5.74, 6) is 0.951. The minimum atomic E-state index is 0.232. The standard InChI is InChI=1S/C11H16O/c1-11(2,3)9-12-10-7-5-4-6-8-10/h4-8H,9H2,1-3H3. The van der Waals surface area contributed by atoms with Crippen LogP contribution in [0.3, 0.4) is 0 Å². The van der Waals surface area contributed by atoms with Crippen LogP contribution in [-0.4, -0.2) is 6.61 Å². The molecule has 0 radical (unpaired) electrons. The molecule has 1 nitrogen and oxygen atoms in total. The number of benzene rings is 1. The van der Waals surface area contributed by atoms with E-state index in [1.807, 2.05) is 30.3 Å². The first kappa shape index (κ1) is 9.11. The monoisotopic (exact) mass is 164 g/mol. The van der Waals surface area contributed by atoms with Crippen molar-refractivity contribution >= 4 is 0 Å². The van der Waals surface area contributed by atoms with Crippen LogP contribution in [0.2, 0.25) is 0 Å². The van der Waals surface area contributed by atoms with E-state index in [1.165, 1.54) is 0 Å². The Kier molecular flexibility index (Phi) is 2.74. The summed E-state index contributed by atoms with van der Waals surface area (Å²) < 4.78 is 5.57. The highest BCUT2D eigenvalue weighted by molar-refractivity contribution is 5.20. The van der Waals surface area contributed by atoms with Crippen molar-refractivity contribution in [1.82, 2.24) is 0 Å². The molecule has 0 aliphatic carbocycles. The highest BCUT2D eigenvalue weighted by atomic mass is 16.5. The lowest BCUT2D eigenvalue weighted by molar-refractivity contribution is 0.198. The van der Waals surface area contributed by atoms with E-state index >= 15 is 0 Å². The second kappa shape index (κ2) is 3.61. The van der Waals surface area contributed by atoms with E-state index in [0.717, 1.165) is 12.4 Å². The lowest BCUT2D eigenvalue weighted by atomic mass is 9.99. The van der Waals surface area contributed by atoms with E-state index in [-0.39, 0.29) is 5.41 Å². The molecule has 0 heterocycles. The van der Waals surface area contributed by atoms with Crippen LogP contribution in [0.25, 0.3) is 0 Å². The van der Waals surface area contributed by atoms with Crippen LogP contribution in [-0.2, 0) is 0 Å². The van der Waals surface area contributed by atoms with Gasteiger partial charge in [0, 0.05) is 0 Å². The van der Waals surface area contributed by atoms with Crippen molar-refractivity contribution in [2.45, 2.75) is 20.8 Å². The molecule has 0 bridgehead atoms. The van der Waals surface area contributed by atoms with Crippen LogP contribution in [0.4, 0.5) is 0 Å². The summed E-state index contributed by atoms with van der Waals surface area (Å²) in [4.78, 5) is 0. The van der Waals surface area contributed by atoms with Crippen LogP contribution in [0, 0.1) is 5.41 Å². The summed E-state index contributed by atoms with van der Waals surface area (Å²) in [6.07, 6.45) is 0. The summed E-state index contributed by atoms with van der Waals surface area (Å²) in [6, 6.07) is 9.91. The van der Waals surface area contributed by atoms with Crippen LogP contribution >= 0.6 is 0 Å². The molecule has 0 unspecified atom stereocenters. The summed E-state index contributed by atoms with van der Waals surface area (Å²) >= 11 is 0. The maximum absolute atomic E-state index is 5.57. The number of hydrogen-bond donors (Lipinski definition) is 0. The number of para-hydroxylation sites is 1. The average Bonchev–Trinajstić information content (AvgIpc) is 2.02. The van der Waals surface area contributed by atoms with Crippen molar-refractivity contribution in [2.75, 3.05) is 6.61 Å². The lowest BCUT2D eigenvalue weighted by Crippen LogP contribution is -2.16. The van der Waals surface area contributed by atoms with E-state index in [4.69, 9.17) is 4.74 Å². The van der Waals surface area contributed by atoms with Crippen LogP contribution in [0.15, 0.2) is 30.3 Å². The molecule has 0 atom stereocenters. The molecule has 0 saturated heterocycles. The fraction of sp³-hybridized carbons (Fsp3) is 0.455. The molecule has 0 N–H and O–H groups in total. The lowest BCUT2D eigenvalue weighted by Gasteiger charge is -2.18. The van der Waals surface area contributed by atoms with Crippen molar-refractivity contribution in [3.8, 4) is 5.75 Å². The molecule has 1 rings (SSSR count). The summed E-state index contributed by atoms with van der Waals surface area (Å²) in [5.41, 5.74) is 0.232. The Morgan fingerprint density at radius 2 is 1.67 bits per heavy atom. The molecule has 1 aromatic rings. The van der Waals surface area contributed by atoms with E-state index in [9.17, 15) is 0 Å². The smallest absolute Gasteiger partial charge is 0.119 e. The maximum atomic E-state index is 5.57. The van der Waals surface area contributed by atoms with Crippen LogP contribution in [0.1, 0.15) is 20.8 Å². The van der Waals surface area contributed by atoms with E-state index in [2.05, 4.69) is 20.8 Å². The van der Waals surface area contributed by atoms with Crippen molar-refractivity contribution < 1.29 is 4.74 Å². The van der Waals surface area contributed by atoms with Gasteiger partial charge in [-0.2, -0.15) is 0 Å². The van der Waals surface area contributed by atoms with Gasteiger partial charge in [0.1, 0.15) is 5.75 Å². The van der Waals surface area contributed by atoms with Crippen LogP contribution in [0.5, 0.6) is 5.75 Å². The molecule has 66 valence electrons. The van der Waals surface area contributed by atoms with E-state index in [0.29, 0.717) is 0 Å². The van der Waals surface area contributed by atoms with Gasteiger partial charge in [0.05, 0.1) is 6.61 Å². The van der Waals surface area contributed by atoms with Gasteiger partial charge >= 0.3 is 0 Å². The first-order valence-electron chi connectivity index (χ1n) is 4.26. The zero-order valence-corrected chi connectivity index (χ0v) is 8.00. The van der Waals surface area contributed by atoms with Gasteiger partial charge in [0.25, 0.3) is 0 Å². The predicted molar refractivity (Wildman–Crippen MR) is 51.4 cm³/mol. The van der Waals surface area contributed by atoms with Crippen molar-refractivity contribution in [3.63, 3.8) is 0 Å². The molecule has 1 aromatic carbocycles. The molecule has 0 aliphatic rings. The Morgan fingerprint density at radius 1 is 1.08 bits per heavy atom. The molecule has 0 aromatic heterocycles. The van der Waals surface area contributed by atoms with Crippen molar-refractivity contribution in [3.05, 3.63) is 30.3 Å². The second-order valence-corrected chi connectivity index (χ2v) is 4.16. The van der Waals surface area contributed by atoms with Gasteiger partial charge in [-0.05, 0) is 17.5 Å². The van der Waals surface area contributed by atoms with Gasteiger partial charge in [-0.1, -0.05) is 39.0 Å². The highest BCUT2D eigenvalue weighted by Crippen LogP contribution is 2.16. The molecule has 0 fully saturated rings. The Labute approximate surface area is 74.4 Å². The summed E-state index contributed by atoms with van der Waals surface area (Å²) in [6.45, 7) is 7.25. The molecular weight excluding hydrogens is 148 g/mol. The number of hydrogen-bond acceptors (Lipinski definition) is 1. The van der Waals surface area contributed by atoms with Gasteiger partial charge < -0.3 is 4.74 Å². The topological polar surface area (TPSA) is 9.23 Å². The fourth-order valence-corrected chi connectivity index (χ4v) is 0.817. The number of rotatable bonds is 2. The average molecular weight is 164 g/mol. The quantitative estimate of drug-likeness (QED) is 0.652. The van der Waals surface area contributed by atoms with Gasteiger partial charge in [-0.15, -0.1) is 0 Å². The normalized spacial score (nSPS) is 11.2. The maximum Gasteiger partial charge on any atom is 0.119 e. The SMILES string of the molecule is CC(C)(C)COc1ccccc1. The molecule has 0 saturated carbocycles. The Morgan fingerprint density at radius 3 is 2.17 bits per heavy atom. The third-order valence-electron chi connectivity index (χ3n) is 1.42. The zero-order valence-electron chi connectivity index (χ0n) is 8.00. The fourth-order valence-electron chi connectivity index (χ4n) is 0.817. The van der Waals surface area contributed by atoms with Crippen molar-refractivity contribution in [1.29, 1.82) is 0 Å². The largest absolute Gasteiger partial charge is 0.493 e. The van der Waals surface area contributed by atoms with Gasteiger partial charge in [-0.3, -0.25) is 0 Å². The van der Waals surface area contributed by atoms with Gasteiger partial charge in [-0.25, -0.2) is 0 Å². The van der Waals surface area contributed by atoms with Gasteiger partial charge in [0.15, 0.2) is 0 Å². The van der Waals surface area contributed by atoms with Crippen LogP contribution < -0.4 is 4.74 Å². The Hall–Kier alpha value is -0.980.